The number of nitrogens with zero attached hydrogens (tertiary/aromatic N) is 1. The van der Waals surface area contributed by atoms with Crippen molar-refractivity contribution in [2.24, 2.45) is 0 Å². The van der Waals surface area contributed by atoms with Crippen LogP contribution in [-0.2, 0) is 17.4 Å². The van der Waals surface area contributed by atoms with Crippen LogP contribution in [0.2, 0.25) is 0 Å². The maximum Gasteiger partial charge on any atom is 0.213 e. The fourth-order valence-electron chi connectivity index (χ4n) is 5.42. The Morgan fingerprint density at radius 2 is 1.64 bits per heavy atom. The zero-order valence-electron chi connectivity index (χ0n) is 18.2. The molecule has 2 atom stereocenters. The number of unbranched alkanes of at least 4 members (excludes halogenated alkanes) is 1. The molecule has 2 unspecified atom stereocenters. The molecule has 28 heavy (non-hydrogen) atoms. The van der Waals surface area contributed by atoms with E-state index in [2.05, 4.69) is 93.8 Å². The van der Waals surface area contributed by atoms with E-state index in [0.29, 0.717) is 0 Å². The molecule has 1 heteroatoms. The number of hydrogen-bond acceptors (Lipinski definition) is 0. The number of hydrogen-bond donors (Lipinski definition) is 0. The fourth-order valence-corrected chi connectivity index (χ4v) is 5.42. The third-order valence-electron chi connectivity index (χ3n) is 7.69. The average Bonchev–Trinajstić information content (AvgIpc) is 2.75. The van der Waals surface area contributed by atoms with E-state index in [4.69, 9.17) is 0 Å². The number of aryl methyl sites for hydroxylation is 1. The Hall–Kier alpha value is -2.15. The summed E-state index contributed by atoms with van der Waals surface area (Å²) in [5.41, 5.74) is 7.30. The van der Waals surface area contributed by atoms with Gasteiger partial charge in [-0.05, 0) is 55.5 Å². The zero-order valence-corrected chi connectivity index (χ0v) is 18.2. The minimum Gasteiger partial charge on any atom is -0.185 e. The molecule has 0 fully saturated rings. The van der Waals surface area contributed by atoms with Gasteiger partial charge in [-0.1, -0.05) is 51.5 Å². The quantitative estimate of drug-likeness (QED) is 0.427. The number of pyridine rings is 1. The zero-order chi connectivity index (χ0) is 19.9. The molecular formula is C27H34N+. The lowest BCUT2D eigenvalue weighted by atomic mass is 9.60. The maximum absolute atomic E-state index is 2.66. The topological polar surface area (TPSA) is 3.88 Å². The van der Waals surface area contributed by atoms with Gasteiger partial charge in [0.15, 0.2) is 5.54 Å². The summed E-state index contributed by atoms with van der Waals surface area (Å²) in [5, 5.41) is 1.33. The van der Waals surface area contributed by atoms with Gasteiger partial charge in [-0.15, -0.1) is 0 Å². The first-order chi connectivity index (χ1) is 13.5. The number of para-hydroxylation sites is 1. The fraction of sp³-hybridized carbons (Fsp3) is 0.444. The first-order valence-corrected chi connectivity index (χ1v) is 11.1. The summed E-state index contributed by atoms with van der Waals surface area (Å²) in [4.78, 5) is 0. The Bertz CT molecular complexity index is 1020. The summed E-state index contributed by atoms with van der Waals surface area (Å²) in [6, 6.07) is 20.8. The van der Waals surface area contributed by atoms with Crippen LogP contribution in [0.15, 0.2) is 54.6 Å². The molecule has 0 saturated heterocycles. The van der Waals surface area contributed by atoms with Crippen LogP contribution in [0.4, 0.5) is 0 Å². The van der Waals surface area contributed by atoms with Gasteiger partial charge in [-0.2, -0.15) is 4.57 Å². The molecule has 0 N–H and O–H groups in total. The van der Waals surface area contributed by atoms with Crippen molar-refractivity contribution >= 4 is 10.9 Å². The predicted molar refractivity (Wildman–Crippen MR) is 120 cm³/mol. The number of fused-ring (bicyclic) bond motifs is 5. The van der Waals surface area contributed by atoms with Crippen molar-refractivity contribution in [1.29, 1.82) is 0 Å². The number of benzene rings is 2. The monoisotopic (exact) mass is 372 g/mol. The van der Waals surface area contributed by atoms with Gasteiger partial charge in [0.2, 0.25) is 11.2 Å². The van der Waals surface area contributed by atoms with Crippen LogP contribution in [0.3, 0.4) is 0 Å². The van der Waals surface area contributed by atoms with Crippen molar-refractivity contribution in [2.75, 3.05) is 0 Å². The van der Waals surface area contributed by atoms with Gasteiger partial charge < -0.3 is 0 Å². The van der Waals surface area contributed by atoms with Crippen LogP contribution in [0.25, 0.3) is 22.2 Å². The van der Waals surface area contributed by atoms with Crippen molar-refractivity contribution in [2.45, 2.75) is 77.7 Å². The third kappa shape index (κ3) is 2.55. The minimum absolute atomic E-state index is 0.0376. The van der Waals surface area contributed by atoms with E-state index < -0.39 is 0 Å². The highest BCUT2D eigenvalue weighted by Gasteiger charge is 2.56. The lowest BCUT2D eigenvalue weighted by Gasteiger charge is -2.46. The standard InChI is InChI=1S/C27H34N/c1-6-9-12-20-15-17-23-22(19-20)25-18-16-21-13-10-11-14-24(21)28(25)27(5,8-3)26(23,4)7-2/h10-11,13-19H,6-9,12H2,1-5H3/q+1. The molecule has 0 spiro atoms. The molecule has 2 heterocycles. The summed E-state index contributed by atoms with van der Waals surface area (Å²) < 4.78 is 2.66. The van der Waals surface area contributed by atoms with Gasteiger partial charge in [-0.25, -0.2) is 0 Å². The Labute approximate surface area is 170 Å². The van der Waals surface area contributed by atoms with E-state index in [1.165, 1.54) is 52.5 Å². The van der Waals surface area contributed by atoms with E-state index in [-0.39, 0.29) is 11.0 Å². The predicted octanol–water partition coefficient (Wildman–Crippen LogP) is 6.94. The van der Waals surface area contributed by atoms with Crippen LogP contribution in [0.1, 0.15) is 71.4 Å². The van der Waals surface area contributed by atoms with Crippen molar-refractivity contribution in [3.63, 3.8) is 0 Å². The van der Waals surface area contributed by atoms with E-state index in [0.717, 1.165) is 12.8 Å². The molecule has 1 aliphatic heterocycles. The molecule has 4 rings (SSSR count). The number of aromatic nitrogens is 1. The van der Waals surface area contributed by atoms with Crippen LogP contribution < -0.4 is 4.57 Å². The molecule has 0 bridgehead atoms. The van der Waals surface area contributed by atoms with E-state index in [9.17, 15) is 0 Å². The Kier molecular flexibility index (Phi) is 4.81. The van der Waals surface area contributed by atoms with Gasteiger partial charge in [0.05, 0.1) is 11.0 Å². The minimum atomic E-state index is 0.0376. The molecule has 1 aromatic heterocycles. The van der Waals surface area contributed by atoms with E-state index in [1.807, 2.05) is 0 Å². The molecule has 3 aromatic rings. The molecule has 0 aliphatic carbocycles. The largest absolute Gasteiger partial charge is 0.213 e. The Morgan fingerprint density at radius 1 is 0.857 bits per heavy atom. The lowest BCUT2D eigenvalue weighted by Crippen LogP contribution is -2.67. The first-order valence-electron chi connectivity index (χ1n) is 11.1. The summed E-state index contributed by atoms with van der Waals surface area (Å²) in [6.45, 7) is 11.9. The van der Waals surface area contributed by atoms with Gasteiger partial charge in [0.25, 0.3) is 0 Å². The molecule has 2 aromatic carbocycles. The Morgan fingerprint density at radius 3 is 2.36 bits per heavy atom. The smallest absolute Gasteiger partial charge is 0.185 e. The maximum atomic E-state index is 2.66. The second-order valence-electron chi connectivity index (χ2n) is 8.91. The second kappa shape index (κ2) is 7.03. The third-order valence-corrected chi connectivity index (χ3v) is 7.69. The summed E-state index contributed by atoms with van der Waals surface area (Å²) in [6.07, 6.45) is 5.92. The first kappa shape index (κ1) is 19.2. The van der Waals surface area contributed by atoms with E-state index in [1.54, 1.807) is 0 Å². The van der Waals surface area contributed by atoms with Crippen LogP contribution in [-0.4, -0.2) is 0 Å². The highest BCUT2D eigenvalue weighted by Crippen LogP contribution is 2.50. The van der Waals surface area contributed by atoms with Gasteiger partial charge in [0, 0.05) is 30.9 Å². The van der Waals surface area contributed by atoms with Gasteiger partial charge >= 0.3 is 0 Å². The molecule has 0 saturated carbocycles. The van der Waals surface area contributed by atoms with Crippen LogP contribution >= 0.6 is 0 Å². The normalized spacial score (nSPS) is 23.5. The SMILES string of the molecule is CCCCc1ccc2c(c1)-c1ccc3ccccc3[n+]1C(C)(CC)C2(C)CC. The van der Waals surface area contributed by atoms with Crippen LogP contribution in [0, 0.1) is 0 Å². The molecule has 146 valence electrons. The van der Waals surface area contributed by atoms with Gasteiger partial charge in [-0.3, -0.25) is 0 Å². The second-order valence-corrected chi connectivity index (χ2v) is 8.91. The molecule has 1 nitrogen and oxygen atoms in total. The van der Waals surface area contributed by atoms with Gasteiger partial charge in [0.1, 0.15) is 0 Å². The Balaban J connectivity index is 2.08. The van der Waals surface area contributed by atoms with E-state index >= 15 is 0 Å². The van der Waals surface area contributed by atoms with Crippen molar-refractivity contribution in [1.82, 2.24) is 0 Å². The highest BCUT2D eigenvalue weighted by molar-refractivity contribution is 5.79. The molecule has 1 aliphatic rings. The molecule has 0 radical (unpaired) electrons. The van der Waals surface area contributed by atoms with Crippen molar-refractivity contribution < 1.29 is 4.57 Å². The molecular weight excluding hydrogens is 338 g/mol. The number of rotatable bonds is 5. The van der Waals surface area contributed by atoms with Crippen molar-refractivity contribution in [3.05, 3.63) is 65.7 Å². The van der Waals surface area contributed by atoms with Crippen LogP contribution in [0.5, 0.6) is 0 Å². The lowest BCUT2D eigenvalue weighted by molar-refractivity contribution is -0.742. The summed E-state index contributed by atoms with van der Waals surface area (Å²) in [5.74, 6) is 0. The molecule has 0 amide bonds. The summed E-state index contributed by atoms with van der Waals surface area (Å²) in [7, 11) is 0. The van der Waals surface area contributed by atoms with Crippen molar-refractivity contribution in [3.8, 4) is 11.3 Å². The summed E-state index contributed by atoms with van der Waals surface area (Å²) >= 11 is 0. The highest BCUT2D eigenvalue weighted by atomic mass is 15.1. The average molecular weight is 373 g/mol.